The molecular weight excluding hydrogens is 304 g/mol. The Balaban J connectivity index is 3.17. The minimum Gasteiger partial charge on any atom is -0.477 e. The fourth-order valence-electron chi connectivity index (χ4n) is 2.06. The maximum atomic E-state index is 12.3. The molecule has 0 aliphatic rings. The van der Waals surface area contributed by atoms with Crippen molar-refractivity contribution in [3.05, 3.63) is 17.0 Å². The summed E-state index contributed by atoms with van der Waals surface area (Å²) >= 11 is 0. The standard InChI is InChI=1S/C11H18N2O5S2/c1-6(5-19(4)16)13-20(17,18)10-7(2)9(11(14)15)12-8(10)3/h6,12-13H,5H2,1-4H3,(H,14,15). The number of aromatic nitrogens is 1. The lowest BCUT2D eigenvalue weighted by atomic mass is 10.2. The van der Waals surface area contributed by atoms with Crippen molar-refractivity contribution in [2.24, 2.45) is 0 Å². The van der Waals surface area contributed by atoms with Gasteiger partial charge in [0.25, 0.3) is 0 Å². The average molecular weight is 322 g/mol. The second-order valence-corrected chi connectivity index (χ2v) is 7.78. The van der Waals surface area contributed by atoms with Crippen LogP contribution in [-0.4, -0.2) is 46.7 Å². The Kier molecular flexibility index (Phi) is 5.11. The van der Waals surface area contributed by atoms with Crippen LogP contribution in [0.25, 0.3) is 0 Å². The number of aryl methyl sites for hydroxylation is 1. The third-order valence-electron chi connectivity index (χ3n) is 2.69. The molecule has 9 heteroatoms. The van der Waals surface area contributed by atoms with Gasteiger partial charge in [0.1, 0.15) is 10.6 Å². The van der Waals surface area contributed by atoms with Gasteiger partial charge in [-0.05, 0) is 20.8 Å². The molecule has 0 fully saturated rings. The van der Waals surface area contributed by atoms with Crippen molar-refractivity contribution < 1.29 is 22.5 Å². The summed E-state index contributed by atoms with van der Waals surface area (Å²) in [7, 11) is -4.99. The normalized spacial score (nSPS) is 15.0. The van der Waals surface area contributed by atoms with Gasteiger partial charge in [0, 0.05) is 40.1 Å². The van der Waals surface area contributed by atoms with E-state index < -0.39 is 32.8 Å². The smallest absolute Gasteiger partial charge is 0.352 e. The van der Waals surface area contributed by atoms with Gasteiger partial charge < -0.3 is 10.1 Å². The number of rotatable bonds is 6. The largest absolute Gasteiger partial charge is 0.477 e. The molecule has 0 saturated heterocycles. The molecule has 2 unspecified atom stereocenters. The first-order chi connectivity index (χ1) is 9.06. The molecule has 7 nitrogen and oxygen atoms in total. The van der Waals surface area contributed by atoms with Gasteiger partial charge in [0.2, 0.25) is 10.0 Å². The molecule has 0 spiro atoms. The fraction of sp³-hybridized carbons (Fsp3) is 0.545. The highest BCUT2D eigenvalue weighted by atomic mass is 32.2. The molecule has 0 radical (unpaired) electrons. The van der Waals surface area contributed by atoms with Crippen LogP contribution in [0.15, 0.2) is 4.90 Å². The van der Waals surface area contributed by atoms with Crippen molar-refractivity contribution >= 4 is 26.8 Å². The third kappa shape index (κ3) is 3.68. The number of aromatic carboxylic acids is 1. The number of carboxylic acid groups (broad SMARTS) is 1. The van der Waals surface area contributed by atoms with Crippen LogP contribution in [-0.2, 0) is 20.8 Å². The first-order valence-corrected chi connectivity index (χ1v) is 9.02. The maximum absolute atomic E-state index is 12.3. The molecule has 1 rings (SSSR count). The number of H-pyrrole nitrogens is 1. The monoisotopic (exact) mass is 322 g/mol. The first-order valence-electron chi connectivity index (χ1n) is 5.81. The minimum absolute atomic E-state index is 0.0661. The first kappa shape index (κ1) is 16.9. The highest BCUT2D eigenvalue weighted by molar-refractivity contribution is 7.89. The van der Waals surface area contributed by atoms with Gasteiger partial charge in [-0.1, -0.05) is 0 Å². The van der Waals surface area contributed by atoms with Crippen LogP contribution >= 0.6 is 0 Å². The summed E-state index contributed by atoms with van der Waals surface area (Å²) in [6, 6.07) is -0.507. The van der Waals surface area contributed by atoms with Crippen LogP contribution in [0.3, 0.4) is 0 Å². The van der Waals surface area contributed by atoms with E-state index in [2.05, 4.69) is 9.71 Å². The van der Waals surface area contributed by atoms with Gasteiger partial charge in [-0.25, -0.2) is 17.9 Å². The lowest BCUT2D eigenvalue weighted by Gasteiger charge is -2.13. The molecule has 20 heavy (non-hydrogen) atoms. The Labute approximate surface area is 120 Å². The van der Waals surface area contributed by atoms with Crippen LogP contribution in [0.2, 0.25) is 0 Å². The Bertz CT molecular complexity index is 648. The zero-order valence-corrected chi connectivity index (χ0v) is 13.3. The number of carbonyl (C=O) groups is 1. The number of sulfonamides is 1. The fourth-order valence-corrected chi connectivity index (χ4v) is 4.64. The highest BCUT2D eigenvalue weighted by Gasteiger charge is 2.27. The summed E-state index contributed by atoms with van der Waals surface area (Å²) in [5.41, 5.74) is 0.277. The molecule has 114 valence electrons. The maximum Gasteiger partial charge on any atom is 0.352 e. The summed E-state index contributed by atoms with van der Waals surface area (Å²) < 4.78 is 38.1. The van der Waals surface area contributed by atoms with Crippen LogP contribution in [0, 0.1) is 13.8 Å². The van der Waals surface area contributed by atoms with E-state index >= 15 is 0 Å². The van der Waals surface area contributed by atoms with Crippen LogP contribution < -0.4 is 4.72 Å². The quantitative estimate of drug-likeness (QED) is 0.700. The van der Waals surface area contributed by atoms with E-state index in [0.717, 1.165) is 0 Å². The van der Waals surface area contributed by atoms with Gasteiger partial charge in [-0.15, -0.1) is 0 Å². The summed E-state index contributed by atoms with van der Waals surface area (Å²) in [6.45, 7) is 4.54. The molecular formula is C11H18N2O5S2. The Morgan fingerprint density at radius 1 is 1.45 bits per heavy atom. The predicted molar refractivity (Wildman–Crippen MR) is 75.9 cm³/mol. The van der Waals surface area contributed by atoms with Crippen molar-refractivity contribution in [1.29, 1.82) is 0 Å². The Hall–Kier alpha value is -1.19. The van der Waals surface area contributed by atoms with E-state index in [4.69, 9.17) is 5.11 Å². The van der Waals surface area contributed by atoms with E-state index in [1.54, 1.807) is 6.92 Å². The minimum atomic E-state index is -3.86. The van der Waals surface area contributed by atoms with E-state index in [1.807, 2.05) is 0 Å². The van der Waals surface area contributed by atoms with Gasteiger partial charge in [0.15, 0.2) is 0 Å². The molecule has 3 N–H and O–H groups in total. The van der Waals surface area contributed by atoms with Crippen LogP contribution in [0.4, 0.5) is 0 Å². The molecule has 0 aliphatic heterocycles. The van der Waals surface area contributed by atoms with Gasteiger partial charge in [0.05, 0.1) is 0 Å². The SMILES string of the molecule is Cc1[nH]c(C(=O)O)c(C)c1S(=O)(=O)NC(C)CS(C)=O. The summed E-state index contributed by atoms with van der Waals surface area (Å²) in [5, 5.41) is 8.98. The van der Waals surface area contributed by atoms with Crippen LogP contribution in [0.5, 0.6) is 0 Å². The second kappa shape index (κ2) is 6.06. The van der Waals surface area contributed by atoms with Crippen molar-refractivity contribution in [2.75, 3.05) is 12.0 Å². The lowest BCUT2D eigenvalue weighted by molar-refractivity contribution is 0.0690. The number of carboxylic acids is 1. The molecule has 0 bridgehead atoms. The van der Waals surface area contributed by atoms with E-state index in [1.165, 1.54) is 20.1 Å². The number of aromatic amines is 1. The van der Waals surface area contributed by atoms with E-state index in [0.29, 0.717) is 0 Å². The van der Waals surface area contributed by atoms with Crippen LogP contribution in [0.1, 0.15) is 28.7 Å². The van der Waals surface area contributed by atoms with E-state index in [9.17, 15) is 17.4 Å². The molecule has 0 aliphatic carbocycles. The van der Waals surface area contributed by atoms with Gasteiger partial charge in [-0.3, -0.25) is 4.21 Å². The van der Waals surface area contributed by atoms with Crippen molar-refractivity contribution in [3.8, 4) is 0 Å². The van der Waals surface area contributed by atoms with Crippen molar-refractivity contribution in [2.45, 2.75) is 31.7 Å². The second-order valence-electron chi connectivity index (χ2n) is 4.65. The van der Waals surface area contributed by atoms with E-state index in [-0.39, 0.29) is 27.6 Å². The predicted octanol–water partition coefficient (Wildman–Crippen LogP) is 0.375. The summed E-state index contributed by atoms with van der Waals surface area (Å²) in [4.78, 5) is 13.5. The number of hydrogen-bond acceptors (Lipinski definition) is 4. The Morgan fingerprint density at radius 2 is 2.00 bits per heavy atom. The third-order valence-corrected chi connectivity index (χ3v) is 5.52. The topological polar surface area (TPSA) is 116 Å². The Morgan fingerprint density at radius 3 is 2.40 bits per heavy atom. The number of hydrogen-bond donors (Lipinski definition) is 3. The molecule has 1 heterocycles. The highest BCUT2D eigenvalue weighted by Crippen LogP contribution is 2.23. The average Bonchev–Trinajstić information content (AvgIpc) is 2.52. The molecule has 0 amide bonds. The van der Waals surface area contributed by atoms with Crippen molar-refractivity contribution in [3.63, 3.8) is 0 Å². The van der Waals surface area contributed by atoms with Gasteiger partial charge in [-0.2, -0.15) is 0 Å². The zero-order valence-electron chi connectivity index (χ0n) is 11.7. The zero-order chi connectivity index (χ0) is 15.7. The van der Waals surface area contributed by atoms with Gasteiger partial charge >= 0.3 is 5.97 Å². The molecule has 0 saturated carbocycles. The molecule has 0 aromatic carbocycles. The summed E-state index contributed by atoms with van der Waals surface area (Å²) in [6.07, 6.45) is 1.49. The lowest BCUT2D eigenvalue weighted by Crippen LogP contribution is -2.36. The summed E-state index contributed by atoms with van der Waals surface area (Å²) in [5.74, 6) is -1.03. The molecule has 1 aromatic heterocycles. The molecule has 2 atom stereocenters. The van der Waals surface area contributed by atoms with Crippen molar-refractivity contribution in [1.82, 2.24) is 9.71 Å². The molecule has 1 aromatic rings. The number of nitrogens with one attached hydrogen (secondary N) is 2.